The van der Waals surface area contributed by atoms with Gasteiger partial charge in [0.2, 0.25) is 0 Å². The minimum atomic E-state index is 1.24. The number of fused-ring (bicyclic) bond motifs is 10. The molecule has 0 saturated heterocycles. The topological polar surface area (TPSA) is 0 Å². The summed E-state index contributed by atoms with van der Waals surface area (Å²) in [5.41, 5.74) is 12.8. The summed E-state index contributed by atoms with van der Waals surface area (Å²) >= 11 is 0. The largest absolute Gasteiger partial charge is 0.0616 e. The standard InChI is InChI=1S/C50H30/c1-2-13-34-31(12-1)24-25-32-30-33(26-27-35(32)34)48-41-18-7-9-20-43(41)50(44-21-10-8-19-42(44)48)47-29-28-46-39-17-6-4-15-37(39)36-14-3-5-16-38(36)40-22-11-23-45(47)49(40)46/h1-30H. The van der Waals surface area contributed by atoms with Crippen LogP contribution >= 0.6 is 0 Å². The first-order valence-corrected chi connectivity index (χ1v) is 17.4. The molecule has 0 atom stereocenters. The summed E-state index contributed by atoms with van der Waals surface area (Å²) in [5, 5.41) is 12.8. The third-order valence-electron chi connectivity index (χ3n) is 11.0. The monoisotopic (exact) mass is 630 g/mol. The van der Waals surface area contributed by atoms with Crippen molar-refractivity contribution in [2.45, 2.75) is 0 Å². The molecule has 1 aliphatic carbocycles. The number of rotatable bonds is 2. The summed E-state index contributed by atoms with van der Waals surface area (Å²) in [6.45, 7) is 0. The van der Waals surface area contributed by atoms with Crippen molar-refractivity contribution in [3.05, 3.63) is 182 Å². The Labute approximate surface area is 290 Å². The van der Waals surface area contributed by atoms with E-state index in [9.17, 15) is 0 Å². The van der Waals surface area contributed by atoms with Crippen molar-refractivity contribution < 1.29 is 0 Å². The maximum Gasteiger partial charge on any atom is -0.00201 e. The summed E-state index contributed by atoms with van der Waals surface area (Å²) in [6.07, 6.45) is 0. The van der Waals surface area contributed by atoms with Gasteiger partial charge >= 0.3 is 0 Å². The molecule has 1 aliphatic rings. The lowest BCUT2D eigenvalue weighted by Crippen LogP contribution is -1.93. The molecule has 0 bridgehead atoms. The molecular weight excluding hydrogens is 601 g/mol. The van der Waals surface area contributed by atoms with E-state index in [1.807, 2.05) is 0 Å². The van der Waals surface area contributed by atoms with Crippen LogP contribution in [-0.4, -0.2) is 0 Å². The first-order chi connectivity index (χ1) is 24.8. The molecule has 0 unspecified atom stereocenters. The van der Waals surface area contributed by atoms with Gasteiger partial charge in [-0.25, -0.2) is 0 Å². The molecule has 0 amide bonds. The zero-order chi connectivity index (χ0) is 32.8. The van der Waals surface area contributed by atoms with Gasteiger partial charge in [0.05, 0.1) is 0 Å². The van der Waals surface area contributed by atoms with E-state index in [4.69, 9.17) is 0 Å². The zero-order valence-electron chi connectivity index (χ0n) is 27.3. The van der Waals surface area contributed by atoms with E-state index in [0.29, 0.717) is 0 Å². The van der Waals surface area contributed by atoms with E-state index in [0.717, 1.165) is 0 Å². The third-order valence-corrected chi connectivity index (χ3v) is 11.0. The summed E-state index contributed by atoms with van der Waals surface area (Å²) in [4.78, 5) is 0. The van der Waals surface area contributed by atoms with Gasteiger partial charge < -0.3 is 0 Å². The van der Waals surface area contributed by atoms with E-state index in [1.165, 1.54) is 109 Å². The lowest BCUT2D eigenvalue weighted by Gasteiger charge is -2.20. The van der Waals surface area contributed by atoms with Crippen LogP contribution in [0.5, 0.6) is 0 Å². The molecule has 0 fully saturated rings. The van der Waals surface area contributed by atoms with E-state index in [1.54, 1.807) is 0 Å². The lowest BCUT2D eigenvalue weighted by atomic mass is 9.83. The average Bonchev–Trinajstić information content (AvgIpc) is 3.31. The molecule has 11 rings (SSSR count). The van der Waals surface area contributed by atoms with E-state index in [-0.39, 0.29) is 0 Å². The molecule has 0 heterocycles. The molecule has 0 N–H and O–H groups in total. The summed E-state index contributed by atoms with van der Waals surface area (Å²) < 4.78 is 0. The summed E-state index contributed by atoms with van der Waals surface area (Å²) in [6, 6.07) is 67.7. The third kappa shape index (κ3) is 3.82. The molecule has 0 nitrogen and oxygen atoms in total. The molecule has 0 spiro atoms. The molecule has 0 heteroatoms. The first-order valence-electron chi connectivity index (χ1n) is 17.4. The summed E-state index contributed by atoms with van der Waals surface area (Å²) in [7, 11) is 0. The predicted molar refractivity (Wildman–Crippen MR) is 215 cm³/mol. The fourth-order valence-corrected chi connectivity index (χ4v) is 8.88. The van der Waals surface area contributed by atoms with Crippen molar-refractivity contribution in [3.8, 4) is 55.6 Å². The second-order valence-electron chi connectivity index (χ2n) is 13.5. The maximum atomic E-state index is 2.39. The Hall–Kier alpha value is -6.50. The van der Waals surface area contributed by atoms with Crippen molar-refractivity contribution in [2.75, 3.05) is 0 Å². The molecule has 10 aromatic carbocycles. The lowest BCUT2D eigenvalue weighted by molar-refractivity contribution is 1.62. The van der Waals surface area contributed by atoms with Crippen LogP contribution in [0.1, 0.15) is 0 Å². The Morgan fingerprint density at radius 3 is 1.32 bits per heavy atom. The SMILES string of the molecule is c1ccc2c(c1)-c1ccccc1-c1ccc(-c3c4ccccc4c(-c4ccc5c(ccc6ccccc65)c4)c4ccccc34)c3cccc-2c13. The number of benzene rings is 10. The average molecular weight is 631 g/mol. The van der Waals surface area contributed by atoms with E-state index in [2.05, 4.69) is 182 Å². The highest BCUT2D eigenvalue weighted by molar-refractivity contribution is 6.26. The highest BCUT2D eigenvalue weighted by Crippen LogP contribution is 2.51. The Balaban J connectivity index is 1.23. The minimum absolute atomic E-state index is 1.24. The van der Waals surface area contributed by atoms with Crippen molar-refractivity contribution in [1.29, 1.82) is 0 Å². The van der Waals surface area contributed by atoms with Crippen molar-refractivity contribution in [1.82, 2.24) is 0 Å². The molecule has 10 aromatic rings. The highest BCUT2D eigenvalue weighted by Gasteiger charge is 2.24. The number of hydrogen-bond donors (Lipinski definition) is 0. The van der Waals surface area contributed by atoms with Crippen LogP contribution in [0.3, 0.4) is 0 Å². The van der Waals surface area contributed by atoms with Crippen LogP contribution in [0.15, 0.2) is 182 Å². The van der Waals surface area contributed by atoms with Crippen LogP contribution in [-0.2, 0) is 0 Å². The highest BCUT2D eigenvalue weighted by atomic mass is 14.3. The van der Waals surface area contributed by atoms with Crippen molar-refractivity contribution in [3.63, 3.8) is 0 Å². The molecule has 0 saturated carbocycles. The van der Waals surface area contributed by atoms with Crippen LogP contribution in [0.4, 0.5) is 0 Å². The van der Waals surface area contributed by atoms with Crippen LogP contribution < -0.4 is 0 Å². The molecule has 0 radical (unpaired) electrons. The van der Waals surface area contributed by atoms with Crippen LogP contribution in [0, 0.1) is 0 Å². The van der Waals surface area contributed by atoms with Gasteiger partial charge in [0.25, 0.3) is 0 Å². The van der Waals surface area contributed by atoms with Gasteiger partial charge in [-0.15, -0.1) is 0 Å². The fraction of sp³-hybridized carbons (Fsp3) is 0. The van der Waals surface area contributed by atoms with Gasteiger partial charge in [-0.2, -0.15) is 0 Å². The van der Waals surface area contributed by atoms with Gasteiger partial charge in [-0.1, -0.05) is 176 Å². The minimum Gasteiger partial charge on any atom is -0.0616 e. The molecule has 50 heavy (non-hydrogen) atoms. The van der Waals surface area contributed by atoms with Gasteiger partial charge in [0, 0.05) is 0 Å². The Morgan fingerprint density at radius 1 is 0.220 bits per heavy atom. The Bertz CT molecular complexity index is 2920. The Kier molecular flexibility index (Phi) is 5.76. The second-order valence-corrected chi connectivity index (χ2v) is 13.5. The van der Waals surface area contributed by atoms with Gasteiger partial charge in [0.1, 0.15) is 0 Å². The van der Waals surface area contributed by atoms with Crippen molar-refractivity contribution in [2.24, 2.45) is 0 Å². The second kappa shape index (κ2) is 10.5. The first kappa shape index (κ1) is 27.5. The predicted octanol–water partition coefficient (Wildman–Crippen LogP) is 14.1. The van der Waals surface area contributed by atoms with E-state index < -0.39 is 0 Å². The Morgan fingerprint density at radius 2 is 0.660 bits per heavy atom. The normalized spacial score (nSPS) is 12.0. The summed E-state index contributed by atoms with van der Waals surface area (Å²) in [5.74, 6) is 0. The molecule has 230 valence electrons. The quantitative estimate of drug-likeness (QED) is 0.132. The van der Waals surface area contributed by atoms with Crippen molar-refractivity contribution >= 4 is 53.9 Å². The van der Waals surface area contributed by atoms with E-state index >= 15 is 0 Å². The number of hydrogen-bond acceptors (Lipinski definition) is 0. The smallest absolute Gasteiger partial charge is 0.00201 e. The maximum absolute atomic E-state index is 2.39. The molecule has 0 aliphatic heterocycles. The van der Waals surface area contributed by atoms with Crippen LogP contribution in [0.25, 0.3) is 109 Å². The zero-order valence-corrected chi connectivity index (χ0v) is 27.3. The van der Waals surface area contributed by atoms with Gasteiger partial charge in [-0.3, -0.25) is 0 Å². The van der Waals surface area contributed by atoms with Gasteiger partial charge in [-0.05, 0) is 116 Å². The molecular formula is C50H30. The fourth-order valence-electron chi connectivity index (χ4n) is 8.88. The molecule has 0 aromatic heterocycles. The van der Waals surface area contributed by atoms with Gasteiger partial charge in [0.15, 0.2) is 0 Å². The van der Waals surface area contributed by atoms with Crippen LogP contribution in [0.2, 0.25) is 0 Å².